The lowest BCUT2D eigenvalue weighted by Gasteiger charge is -2.20. The third kappa shape index (κ3) is 2.55. The van der Waals surface area contributed by atoms with Crippen molar-refractivity contribution in [3.05, 3.63) is 46.3 Å². The second-order valence-corrected chi connectivity index (χ2v) is 5.25. The number of fused-ring (bicyclic) bond motifs is 2. The van der Waals surface area contributed by atoms with E-state index in [4.69, 9.17) is 4.74 Å². The van der Waals surface area contributed by atoms with Crippen LogP contribution in [0.2, 0.25) is 0 Å². The molecule has 8 nitrogen and oxygen atoms in total. The van der Waals surface area contributed by atoms with Gasteiger partial charge in [0.05, 0.1) is 23.0 Å². The average Bonchev–Trinajstić information content (AvgIpc) is 3.09. The molecule has 1 amide bonds. The quantitative estimate of drug-likeness (QED) is 0.490. The number of hydrogen-bond donors (Lipinski definition) is 2. The largest absolute Gasteiger partial charge is 0.481 e. The predicted molar refractivity (Wildman–Crippen MR) is 74.1 cm³/mol. The molecule has 0 aromatic heterocycles. The Bertz CT molecular complexity index is 734. The van der Waals surface area contributed by atoms with E-state index in [-0.39, 0.29) is 5.69 Å². The molecule has 1 fully saturated rings. The van der Waals surface area contributed by atoms with Crippen molar-refractivity contribution in [2.24, 2.45) is 11.8 Å². The lowest BCUT2D eigenvalue weighted by molar-refractivity contribution is -0.387. The number of amides is 1. The molecule has 0 unspecified atom stereocenters. The third-order valence-corrected chi connectivity index (χ3v) is 3.90. The predicted octanol–water partition coefficient (Wildman–Crippen LogP) is 1.33. The van der Waals surface area contributed by atoms with Gasteiger partial charge in [0.25, 0.3) is 0 Å². The molecule has 120 valence electrons. The molecule has 2 N–H and O–H groups in total. The highest BCUT2D eigenvalue weighted by Gasteiger charge is 2.53. The number of halogens is 1. The summed E-state index contributed by atoms with van der Waals surface area (Å²) in [6.07, 6.45) is 1.88. The van der Waals surface area contributed by atoms with Crippen molar-refractivity contribution in [2.75, 3.05) is 5.32 Å². The van der Waals surface area contributed by atoms with Gasteiger partial charge in [-0.3, -0.25) is 19.7 Å². The summed E-state index contributed by atoms with van der Waals surface area (Å²) in [4.78, 5) is 33.4. The average molecular weight is 322 g/mol. The molecule has 1 aromatic rings. The number of carbonyl (C=O) groups is 2. The van der Waals surface area contributed by atoms with E-state index >= 15 is 0 Å². The fraction of sp³-hybridized carbons (Fsp3) is 0.286. The Morgan fingerprint density at radius 1 is 1.26 bits per heavy atom. The maximum atomic E-state index is 13.3. The molecule has 0 saturated carbocycles. The van der Waals surface area contributed by atoms with Crippen molar-refractivity contribution in [2.45, 2.75) is 12.2 Å². The van der Waals surface area contributed by atoms with Gasteiger partial charge in [0, 0.05) is 11.8 Å². The van der Waals surface area contributed by atoms with E-state index in [0.29, 0.717) is 0 Å². The molecule has 1 aromatic carbocycles. The van der Waals surface area contributed by atoms with Gasteiger partial charge in [0.15, 0.2) is 0 Å². The van der Waals surface area contributed by atoms with Gasteiger partial charge in [-0.1, -0.05) is 12.2 Å². The van der Waals surface area contributed by atoms with Crippen molar-refractivity contribution in [3.63, 3.8) is 0 Å². The molecular formula is C14H11FN2O6. The Morgan fingerprint density at radius 3 is 2.52 bits per heavy atom. The number of carboxylic acids is 1. The van der Waals surface area contributed by atoms with E-state index in [0.717, 1.165) is 12.1 Å². The third-order valence-electron chi connectivity index (χ3n) is 3.90. The number of nitrogens with one attached hydrogen (secondary N) is 1. The Hall–Kier alpha value is -2.81. The smallest absolute Gasteiger partial charge is 0.310 e. The van der Waals surface area contributed by atoms with Crippen molar-refractivity contribution < 1.29 is 28.7 Å². The number of nitro groups is 1. The maximum absolute atomic E-state index is 13.3. The molecule has 2 aliphatic heterocycles. The van der Waals surface area contributed by atoms with Gasteiger partial charge in [0.2, 0.25) is 11.7 Å². The highest BCUT2D eigenvalue weighted by molar-refractivity contribution is 5.96. The molecular weight excluding hydrogens is 311 g/mol. The first-order valence-corrected chi connectivity index (χ1v) is 6.70. The Kier molecular flexibility index (Phi) is 3.57. The van der Waals surface area contributed by atoms with Gasteiger partial charge in [-0.15, -0.1) is 0 Å². The first-order chi connectivity index (χ1) is 10.9. The second-order valence-electron chi connectivity index (χ2n) is 5.25. The molecule has 2 bridgehead atoms. The highest BCUT2D eigenvalue weighted by atomic mass is 19.1. The van der Waals surface area contributed by atoms with Crippen LogP contribution in [0.25, 0.3) is 0 Å². The van der Waals surface area contributed by atoms with Crippen LogP contribution < -0.4 is 5.32 Å². The zero-order chi connectivity index (χ0) is 16.7. The minimum atomic E-state index is -1.16. The van der Waals surface area contributed by atoms with E-state index < -0.39 is 52.3 Å². The summed E-state index contributed by atoms with van der Waals surface area (Å²) < 4.78 is 18.7. The monoisotopic (exact) mass is 322 g/mol. The van der Waals surface area contributed by atoms with Crippen LogP contribution in [-0.2, 0) is 14.3 Å². The number of rotatable bonds is 4. The van der Waals surface area contributed by atoms with Crippen molar-refractivity contribution in [1.82, 2.24) is 0 Å². The van der Waals surface area contributed by atoms with Gasteiger partial charge in [-0.2, -0.15) is 4.39 Å². The van der Waals surface area contributed by atoms with E-state index in [2.05, 4.69) is 5.32 Å². The maximum Gasteiger partial charge on any atom is 0.310 e. The molecule has 2 heterocycles. The molecule has 1 saturated heterocycles. The van der Waals surface area contributed by atoms with Crippen LogP contribution in [0.5, 0.6) is 0 Å². The van der Waals surface area contributed by atoms with Crippen LogP contribution in [-0.4, -0.2) is 34.1 Å². The molecule has 0 spiro atoms. The van der Waals surface area contributed by atoms with E-state index in [1.165, 1.54) is 6.07 Å². The fourth-order valence-electron chi connectivity index (χ4n) is 2.87. The second kappa shape index (κ2) is 5.43. The van der Waals surface area contributed by atoms with Crippen LogP contribution >= 0.6 is 0 Å². The Morgan fingerprint density at radius 2 is 1.91 bits per heavy atom. The van der Waals surface area contributed by atoms with Crippen molar-refractivity contribution in [1.29, 1.82) is 0 Å². The zero-order valence-electron chi connectivity index (χ0n) is 11.5. The van der Waals surface area contributed by atoms with E-state index in [1.54, 1.807) is 12.2 Å². The van der Waals surface area contributed by atoms with Crippen LogP contribution in [0.15, 0.2) is 30.4 Å². The van der Waals surface area contributed by atoms with E-state index in [1.807, 2.05) is 0 Å². The van der Waals surface area contributed by atoms with Crippen molar-refractivity contribution >= 4 is 23.3 Å². The van der Waals surface area contributed by atoms with Crippen LogP contribution in [0, 0.1) is 27.8 Å². The SMILES string of the molecule is O=C(Nc1ccc(F)c([N+](=O)[O-])c1)[C@@H]1[C@@H](C(=O)O)[C@H]2C=C[C@@H]1O2. The first kappa shape index (κ1) is 15.1. The van der Waals surface area contributed by atoms with Gasteiger partial charge in [-0.25, -0.2) is 0 Å². The number of anilines is 1. The normalized spacial score (nSPS) is 27.9. The lowest BCUT2D eigenvalue weighted by Crippen LogP contribution is -2.39. The molecule has 0 radical (unpaired) electrons. The summed E-state index contributed by atoms with van der Waals surface area (Å²) in [5.74, 6) is -4.81. The van der Waals surface area contributed by atoms with Crippen LogP contribution in [0.4, 0.5) is 15.8 Å². The number of nitrogens with zero attached hydrogens (tertiary/aromatic N) is 1. The minimum absolute atomic E-state index is 0.0130. The Balaban J connectivity index is 1.82. The molecule has 0 aliphatic carbocycles. The summed E-state index contributed by atoms with van der Waals surface area (Å²) >= 11 is 0. The number of nitro benzene ring substituents is 1. The van der Waals surface area contributed by atoms with Crippen molar-refractivity contribution in [3.8, 4) is 0 Å². The highest BCUT2D eigenvalue weighted by Crippen LogP contribution is 2.40. The number of aliphatic carboxylic acids is 1. The summed E-state index contributed by atoms with van der Waals surface area (Å²) in [6, 6.07) is 2.91. The van der Waals surface area contributed by atoms with Gasteiger partial charge >= 0.3 is 11.7 Å². The standard InChI is InChI=1S/C14H11FN2O6/c15-7-2-1-6(5-8(7)17(21)22)16-13(18)11-9-3-4-10(23-9)12(11)14(19)20/h1-5,9-12H,(H,16,18)(H,19,20)/t9-,10+,11-,12-/m0/s1. The van der Waals surface area contributed by atoms with Crippen LogP contribution in [0.1, 0.15) is 0 Å². The van der Waals surface area contributed by atoms with Crippen LogP contribution in [0.3, 0.4) is 0 Å². The summed E-state index contributed by atoms with van der Waals surface area (Å²) in [5, 5.41) is 22.3. The summed E-state index contributed by atoms with van der Waals surface area (Å²) in [5.41, 5.74) is -0.763. The summed E-state index contributed by atoms with van der Waals surface area (Å²) in [7, 11) is 0. The topological polar surface area (TPSA) is 119 Å². The van der Waals surface area contributed by atoms with Gasteiger partial charge < -0.3 is 15.2 Å². The Labute approximate surface area is 128 Å². The summed E-state index contributed by atoms with van der Waals surface area (Å²) in [6.45, 7) is 0. The molecule has 3 rings (SSSR count). The van der Waals surface area contributed by atoms with Gasteiger partial charge in [0.1, 0.15) is 5.92 Å². The number of benzene rings is 1. The first-order valence-electron chi connectivity index (χ1n) is 6.70. The number of hydrogen-bond acceptors (Lipinski definition) is 5. The number of carbonyl (C=O) groups excluding carboxylic acids is 1. The zero-order valence-corrected chi connectivity index (χ0v) is 11.5. The van der Waals surface area contributed by atoms with Gasteiger partial charge in [-0.05, 0) is 12.1 Å². The molecule has 9 heteroatoms. The fourth-order valence-corrected chi connectivity index (χ4v) is 2.87. The number of carboxylic acid groups (broad SMARTS) is 1. The number of ether oxygens (including phenoxy) is 1. The minimum Gasteiger partial charge on any atom is -0.481 e. The molecule has 2 aliphatic rings. The molecule has 23 heavy (non-hydrogen) atoms. The lowest BCUT2D eigenvalue weighted by atomic mass is 9.82. The molecule has 4 atom stereocenters. The van der Waals surface area contributed by atoms with E-state index in [9.17, 15) is 29.2 Å².